The third-order valence-electron chi connectivity index (χ3n) is 4.51. The third-order valence-corrected chi connectivity index (χ3v) is 4.51. The first-order valence-corrected chi connectivity index (χ1v) is 11.1. The summed E-state index contributed by atoms with van der Waals surface area (Å²) in [5, 5.41) is 3.66. The minimum atomic E-state index is -0.647. The first-order chi connectivity index (χ1) is 15.1. The van der Waals surface area contributed by atoms with Gasteiger partial charge in [0.2, 0.25) is 0 Å². The van der Waals surface area contributed by atoms with E-state index in [1.165, 1.54) is 0 Å². The molecule has 2 rings (SSSR count). The Labute approximate surface area is 189 Å². The molecule has 176 valence electrons. The van der Waals surface area contributed by atoms with E-state index < -0.39 is 17.7 Å². The van der Waals surface area contributed by atoms with Gasteiger partial charge >= 0.3 is 18.0 Å². The SMILES string of the molecule is CCCC(=O)OC[C@H](Cc1c[nH]c2ccc(OC(=O)CCC)cc12)NC(=O)OC(C)(C)C. The van der Waals surface area contributed by atoms with E-state index in [1.807, 2.05) is 26.1 Å². The number of hydrogen-bond donors (Lipinski definition) is 2. The molecule has 1 atom stereocenters. The number of carbonyl (C=O) groups is 3. The molecule has 0 bridgehead atoms. The second kappa shape index (κ2) is 11.5. The number of alkyl carbamates (subject to hydrolysis) is 1. The Kier molecular flexibility index (Phi) is 9.11. The number of aromatic amines is 1. The topological polar surface area (TPSA) is 107 Å². The Morgan fingerprint density at radius 1 is 1.06 bits per heavy atom. The van der Waals surface area contributed by atoms with E-state index in [2.05, 4.69) is 10.3 Å². The molecule has 0 aliphatic rings. The maximum Gasteiger partial charge on any atom is 0.408 e. The minimum Gasteiger partial charge on any atom is -0.463 e. The normalized spacial score (nSPS) is 12.3. The average molecular weight is 447 g/mol. The number of H-pyrrole nitrogens is 1. The second-order valence-corrected chi connectivity index (χ2v) is 8.73. The Hall–Kier alpha value is -3.03. The van der Waals surface area contributed by atoms with Crippen LogP contribution >= 0.6 is 0 Å². The lowest BCUT2D eigenvalue weighted by atomic mass is 10.1. The number of amides is 1. The van der Waals surface area contributed by atoms with E-state index in [4.69, 9.17) is 14.2 Å². The van der Waals surface area contributed by atoms with Crippen molar-refractivity contribution in [3.63, 3.8) is 0 Å². The fraction of sp³-hybridized carbons (Fsp3) is 0.542. The number of carbonyl (C=O) groups excluding carboxylic acids is 3. The van der Waals surface area contributed by atoms with Crippen LogP contribution < -0.4 is 10.1 Å². The van der Waals surface area contributed by atoms with Gasteiger partial charge in [-0.05, 0) is 63.8 Å². The van der Waals surface area contributed by atoms with E-state index in [1.54, 1.807) is 32.9 Å². The van der Waals surface area contributed by atoms with Crippen molar-refractivity contribution in [3.05, 3.63) is 30.0 Å². The lowest BCUT2D eigenvalue weighted by Gasteiger charge is -2.23. The molecule has 0 unspecified atom stereocenters. The molecule has 0 spiro atoms. The van der Waals surface area contributed by atoms with Gasteiger partial charge < -0.3 is 24.5 Å². The summed E-state index contributed by atoms with van der Waals surface area (Å²) in [4.78, 5) is 39.2. The predicted octanol–water partition coefficient (Wildman–Crippen LogP) is 4.65. The van der Waals surface area contributed by atoms with Gasteiger partial charge in [-0.15, -0.1) is 0 Å². The van der Waals surface area contributed by atoms with Crippen molar-refractivity contribution < 1.29 is 28.6 Å². The van der Waals surface area contributed by atoms with Crippen molar-refractivity contribution in [2.45, 2.75) is 78.4 Å². The molecule has 1 aromatic carbocycles. The molecule has 8 heteroatoms. The molecule has 0 fully saturated rings. The van der Waals surface area contributed by atoms with Crippen LogP contribution in [0.1, 0.15) is 65.9 Å². The van der Waals surface area contributed by atoms with Crippen molar-refractivity contribution in [1.29, 1.82) is 0 Å². The van der Waals surface area contributed by atoms with Gasteiger partial charge in [0.1, 0.15) is 18.0 Å². The zero-order valence-electron chi connectivity index (χ0n) is 19.6. The summed E-state index contributed by atoms with van der Waals surface area (Å²) in [6.07, 6.45) is 3.71. The number of benzene rings is 1. The fourth-order valence-corrected chi connectivity index (χ4v) is 3.14. The molecule has 1 amide bonds. The largest absolute Gasteiger partial charge is 0.463 e. The molecule has 1 aromatic heterocycles. The Bertz CT molecular complexity index is 928. The molecule has 2 N–H and O–H groups in total. The monoisotopic (exact) mass is 446 g/mol. The Balaban J connectivity index is 2.19. The van der Waals surface area contributed by atoms with Gasteiger partial charge in [-0.2, -0.15) is 0 Å². The second-order valence-electron chi connectivity index (χ2n) is 8.73. The molecule has 1 heterocycles. The van der Waals surface area contributed by atoms with Crippen LogP contribution in [0.3, 0.4) is 0 Å². The molecule has 0 radical (unpaired) electrons. The van der Waals surface area contributed by atoms with E-state index in [-0.39, 0.29) is 18.5 Å². The molecular weight excluding hydrogens is 412 g/mol. The number of rotatable bonds is 10. The summed E-state index contributed by atoms with van der Waals surface area (Å²) < 4.78 is 16.1. The van der Waals surface area contributed by atoms with Crippen LogP contribution in [0, 0.1) is 0 Å². The molecule has 0 saturated carbocycles. The maximum atomic E-state index is 12.3. The highest BCUT2D eigenvalue weighted by atomic mass is 16.6. The van der Waals surface area contributed by atoms with Crippen LogP contribution in [0.5, 0.6) is 5.75 Å². The summed E-state index contributed by atoms with van der Waals surface area (Å²) in [5.41, 5.74) is 1.11. The summed E-state index contributed by atoms with van der Waals surface area (Å²) in [6.45, 7) is 9.18. The van der Waals surface area contributed by atoms with Crippen molar-refractivity contribution >= 4 is 28.9 Å². The summed E-state index contributed by atoms with van der Waals surface area (Å²) in [6, 6.07) is 4.88. The summed E-state index contributed by atoms with van der Waals surface area (Å²) in [7, 11) is 0. The Morgan fingerprint density at radius 3 is 2.41 bits per heavy atom. The Morgan fingerprint density at radius 2 is 1.75 bits per heavy atom. The predicted molar refractivity (Wildman–Crippen MR) is 122 cm³/mol. The number of aromatic nitrogens is 1. The van der Waals surface area contributed by atoms with Gasteiger partial charge in [-0.1, -0.05) is 13.8 Å². The number of hydrogen-bond acceptors (Lipinski definition) is 6. The van der Waals surface area contributed by atoms with Crippen molar-refractivity contribution in [3.8, 4) is 5.75 Å². The van der Waals surface area contributed by atoms with Crippen LogP contribution in [0.4, 0.5) is 4.79 Å². The molecule has 32 heavy (non-hydrogen) atoms. The smallest absolute Gasteiger partial charge is 0.408 e. The summed E-state index contributed by atoms with van der Waals surface area (Å²) in [5.74, 6) is -0.133. The van der Waals surface area contributed by atoms with Gasteiger partial charge in [-0.25, -0.2) is 4.79 Å². The highest BCUT2D eigenvalue weighted by Crippen LogP contribution is 2.25. The molecular formula is C24H34N2O6. The zero-order valence-corrected chi connectivity index (χ0v) is 19.6. The first kappa shape index (κ1) is 25.2. The van der Waals surface area contributed by atoms with E-state index in [0.29, 0.717) is 37.9 Å². The fourth-order valence-electron chi connectivity index (χ4n) is 3.14. The maximum absolute atomic E-state index is 12.3. The first-order valence-electron chi connectivity index (χ1n) is 11.1. The quantitative estimate of drug-likeness (QED) is 0.406. The number of nitrogens with one attached hydrogen (secondary N) is 2. The van der Waals surface area contributed by atoms with Gasteiger partial charge in [0.15, 0.2) is 0 Å². The van der Waals surface area contributed by atoms with E-state index >= 15 is 0 Å². The zero-order chi connectivity index (χ0) is 23.7. The third kappa shape index (κ3) is 8.24. The van der Waals surface area contributed by atoms with Crippen LogP contribution in [-0.2, 0) is 25.5 Å². The lowest BCUT2D eigenvalue weighted by molar-refractivity contribution is -0.144. The molecule has 0 aliphatic carbocycles. The molecule has 0 saturated heterocycles. The van der Waals surface area contributed by atoms with Crippen LogP contribution in [0.25, 0.3) is 10.9 Å². The molecule has 0 aliphatic heterocycles. The number of ether oxygens (including phenoxy) is 3. The van der Waals surface area contributed by atoms with Crippen LogP contribution in [0.2, 0.25) is 0 Å². The minimum absolute atomic E-state index is 0.0237. The molecule has 2 aromatic rings. The summed E-state index contributed by atoms with van der Waals surface area (Å²) >= 11 is 0. The number of fused-ring (bicyclic) bond motifs is 1. The van der Waals surface area contributed by atoms with E-state index in [9.17, 15) is 14.4 Å². The van der Waals surface area contributed by atoms with Crippen LogP contribution in [-0.4, -0.2) is 41.3 Å². The van der Waals surface area contributed by atoms with Crippen LogP contribution in [0.15, 0.2) is 24.4 Å². The van der Waals surface area contributed by atoms with Gasteiger partial charge in [0.25, 0.3) is 0 Å². The molecule has 8 nitrogen and oxygen atoms in total. The highest BCUT2D eigenvalue weighted by molar-refractivity contribution is 5.85. The average Bonchev–Trinajstić information content (AvgIpc) is 3.07. The van der Waals surface area contributed by atoms with Gasteiger partial charge in [0, 0.05) is 29.9 Å². The van der Waals surface area contributed by atoms with Gasteiger partial charge in [0.05, 0.1) is 6.04 Å². The van der Waals surface area contributed by atoms with Crippen molar-refractivity contribution in [2.24, 2.45) is 0 Å². The standard InChI is InChI=1S/C24H34N2O6/c1-6-8-21(27)30-15-17(26-23(29)32-24(3,4)5)12-16-14-25-20-11-10-18(13-19(16)20)31-22(28)9-7-2/h10-11,13-14,17,25H,6-9,12,15H2,1-5H3,(H,26,29)/t17-/m0/s1. The lowest BCUT2D eigenvalue weighted by Crippen LogP contribution is -2.43. The highest BCUT2D eigenvalue weighted by Gasteiger charge is 2.22. The van der Waals surface area contributed by atoms with E-state index in [0.717, 1.165) is 16.5 Å². The number of esters is 2. The van der Waals surface area contributed by atoms with Crippen molar-refractivity contribution in [1.82, 2.24) is 10.3 Å². The van der Waals surface area contributed by atoms with Crippen molar-refractivity contribution in [2.75, 3.05) is 6.61 Å². The van der Waals surface area contributed by atoms with Gasteiger partial charge in [-0.3, -0.25) is 9.59 Å².